The molecule has 0 atom stereocenters. The zero-order chi connectivity index (χ0) is 16.2. The summed E-state index contributed by atoms with van der Waals surface area (Å²) in [5, 5.41) is 10.8. The molecule has 23 heavy (non-hydrogen) atoms. The lowest BCUT2D eigenvalue weighted by Crippen LogP contribution is -2.47. The van der Waals surface area contributed by atoms with E-state index in [0.717, 1.165) is 55.1 Å². The summed E-state index contributed by atoms with van der Waals surface area (Å²) in [7, 11) is 0. The van der Waals surface area contributed by atoms with Crippen LogP contribution in [0.25, 0.3) is 10.9 Å². The van der Waals surface area contributed by atoms with Crippen LogP contribution in [0.5, 0.6) is 0 Å². The molecule has 2 aromatic rings. The van der Waals surface area contributed by atoms with Gasteiger partial charge in [0.1, 0.15) is 0 Å². The molecule has 0 bridgehead atoms. The van der Waals surface area contributed by atoms with Gasteiger partial charge in [-0.25, -0.2) is 0 Å². The van der Waals surface area contributed by atoms with Gasteiger partial charge in [-0.1, -0.05) is 11.6 Å². The van der Waals surface area contributed by atoms with Gasteiger partial charge in [-0.15, -0.1) is 0 Å². The summed E-state index contributed by atoms with van der Waals surface area (Å²) in [6.45, 7) is 5.27. The van der Waals surface area contributed by atoms with Crippen molar-refractivity contribution in [3.8, 4) is 0 Å². The number of fused-ring (bicyclic) bond motifs is 1. The lowest BCUT2D eigenvalue weighted by atomic mass is 10.0. The Hall–Kier alpha value is -1.40. The Morgan fingerprint density at radius 3 is 2.74 bits per heavy atom. The molecule has 6 heteroatoms. The number of hydrogen-bond acceptors (Lipinski definition) is 5. The lowest BCUT2D eigenvalue weighted by Gasteiger charge is -2.37. The van der Waals surface area contributed by atoms with Crippen LogP contribution in [-0.2, 0) is 6.42 Å². The number of piperazine rings is 1. The van der Waals surface area contributed by atoms with Crippen LogP contribution < -0.4 is 10.6 Å². The summed E-state index contributed by atoms with van der Waals surface area (Å²) in [5.41, 5.74) is 9.09. The van der Waals surface area contributed by atoms with Crippen LogP contribution in [0.15, 0.2) is 24.4 Å². The molecule has 0 saturated carbocycles. The van der Waals surface area contributed by atoms with Gasteiger partial charge in [0, 0.05) is 44.3 Å². The Morgan fingerprint density at radius 1 is 1.26 bits per heavy atom. The highest BCUT2D eigenvalue weighted by Gasteiger charge is 2.22. The second kappa shape index (κ2) is 7.45. The fourth-order valence-corrected chi connectivity index (χ4v) is 3.56. The Bertz CT molecular complexity index is 671. The van der Waals surface area contributed by atoms with E-state index in [9.17, 15) is 0 Å². The molecular formula is C17H23ClN4O. The SMILES string of the molecule is NCCc1cc(Cl)c2cccnc2c1N1CCN(CCO)CC1. The topological polar surface area (TPSA) is 65.6 Å². The number of rotatable bonds is 5. The molecule has 1 aromatic carbocycles. The molecule has 2 heterocycles. The number of nitrogens with zero attached hydrogens (tertiary/aromatic N) is 3. The van der Waals surface area contributed by atoms with Crippen molar-refractivity contribution in [1.29, 1.82) is 0 Å². The third-order valence-corrected chi connectivity index (χ3v) is 4.73. The first kappa shape index (κ1) is 16.5. The predicted molar refractivity (Wildman–Crippen MR) is 95.3 cm³/mol. The van der Waals surface area contributed by atoms with Gasteiger partial charge in [-0.05, 0) is 36.7 Å². The Kier molecular flexibility index (Phi) is 5.33. The standard InChI is InChI=1S/C17H23ClN4O/c18-15-12-13(3-4-19)17(16-14(15)2-1-5-20-16)22-8-6-21(7-9-22)10-11-23/h1-2,5,12,23H,3-4,6-11,19H2. The molecule has 0 aliphatic carbocycles. The Labute approximate surface area is 141 Å². The average Bonchev–Trinajstić information content (AvgIpc) is 2.57. The monoisotopic (exact) mass is 334 g/mol. The summed E-state index contributed by atoms with van der Waals surface area (Å²) in [4.78, 5) is 9.26. The van der Waals surface area contributed by atoms with Gasteiger partial charge in [0.05, 0.1) is 22.8 Å². The molecular weight excluding hydrogens is 312 g/mol. The number of aliphatic hydroxyl groups is 1. The molecule has 0 spiro atoms. The van der Waals surface area contributed by atoms with E-state index in [4.69, 9.17) is 22.4 Å². The van der Waals surface area contributed by atoms with Gasteiger partial charge in [0.2, 0.25) is 0 Å². The number of pyridine rings is 1. The minimum atomic E-state index is 0.212. The molecule has 0 radical (unpaired) electrons. The van der Waals surface area contributed by atoms with Crippen molar-refractivity contribution in [3.05, 3.63) is 35.0 Å². The number of nitrogens with two attached hydrogens (primary N) is 1. The highest BCUT2D eigenvalue weighted by Crippen LogP contribution is 2.35. The molecule has 1 aliphatic heterocycles. The van der Waals surface area contributed by atoms with Gasteiger partial charge >= 0.3 is 0 Å². The maximum atomic E-state index is 9.09. The van der Waals surface area contributed by atoms with Crippen LogP contribution in [0, 0.1) is 0 Å². The maximum absolute atomic E-state index is 9.09. The Balaban J connectivity index is 1.98. The number of halogens is 1. The Morgan fingerprint density at radius 2 is 2.04 bits per heavy atom. The molecule has 124 valence electrons. The normalized spacial score (nSPS) is 16.2. The van der Waals surface area contributed by atoms with E-state index < -0.39 is 0 Å². The van der Waals surface area contributed by atoms with Crippen LogP contribution in [0.4, 0.5) is 5.69 Å². The molecule has 3 rings (SSSR count). The second-order valence-electron chi connectivity index (χ2n) is 5.86. The average molecular weight is 335 g/mol. The van der Waals surface area contributed by atoms with E-state index in [-0.39, 0.29) is 6.61 Å². The van der Waals surface area contributed by atoms with Crippen molar-refractivity contribution in [2.45, 2.75) is 6.42 Å². The molecule has 0 unspecified atom stereocenters. The highest BCUT2D eigenvalue weighted by molar-refractivity contribution is 6.36. The summed E-state index contributed by atoms with van der Waals surface area (Å²) < 4.78 is 0. The quantitative estimate of drug-likeness (QED) is 0.867. The van der Waals surface area contributed by atoms with Crippen LogP contribution in [0.3, 0.4) is 0 Å². The van der Waals surface area contributed by atoms with E-state index in [1.165, 1.54) is 11.3 Å². The fraction of sp³-hybridized carbons (Fsp3) is 0.471. The van der Waals surface area contributed by atoms with Crippen LogP contribution in [0.2, 0.25) is 5.02 Å². The van der Waals surface area contributed by atoms with Crippen molar-refractivity contribution in [3.63, 3.8) is 0 Å². The van der Waals surface area contributed by atoms with Gasteiger partial charge in [0.15, 0.2) is 0 Å². The molecule has 3 N–H and O–H groups in total. The number of anilines is 1. The van der Waals surface area contributed by atoms with Crippen LogP contribution >= 0.6 is 11.6 Å². The number of aromatic nitrogens is 1. The number of hydrogen-bond donors (Lipinski definition) is 2. The first-order chi connectivity index (χ1) is 11.2. The van der Waals surface area contributed by atoms with E-state index in [2.05, 4.69) is 14.8 Å². The van der Waals surface area contributed by atoms with Gasteiger partial charge in [0.25, 0.3) is 0 Å². The van der Waals surface area contributed by atoms with Crippen molar-refractivity contribution < 1.29 is 5.11 Å². The van der Waals surface area contributed by atoms with Gasteiger partial charge < -0.3 is 15.7 Å². The van der Waals surface area contributed by atoms with Crippen molar-refractivity contribution in [1.82, 2.24) is 9.88 Å². The van der Waals surface area contributed by atoms with E-state index >= 15 is 0 Å². The van der Waals surface area contributed by atoms with Crippen LogP contribution in [0.1, 0.15) is 5.56 Å². The van der Waals surface area contributed by atoms with Crippen molar-refractivity contribution in [2.75, 3.05) is 50.8 Å². The molecule has 1 aromatic heterocycles. The predicted octanol–water partition coefficient (Wildman–Crippen LogP) is 1.50. The van der Waals surface area contributed by atoms with Crippen LogP contribution in [-0.4, -0.2) is 60.9 Å². The summed E-state index contributed by atoms with van der Waals surface area (Å²) >= 11 is 6.44. The lowest BCUT2D eigenvalue weighted by molar-refractivity contribution is 0.189. The van der Waals surface area contributed by atoms with Gasteiger partial charge in [-0.2, -0.15) is 0 Å². The summed E-state index contributed by atoms with van der Waals surface area (Å²) in [6, 6.07) is 5.97. The van der Waals surface area contributed by atoms with E-state index in [1.54, 1.807) is 0 Å². The summed E-state index contributed by atoms with van der Waals surface area (Å²) in [5.74, 6) is 0. The first-order valence-corrected chi connectivity index (χ1v) is 8.46. The molecule has 1 fully saturated rings. The van der Waals surface area contributed by atoms with Crippen molar-refractivity contribution in [2.24, 2.45) is 5.73 Å². The zero-order valence-electron chi connectivity index (χ0n) is 13.2. The first-order valence-electron chi connectivity index (χ1n) is 8.09. The maximum Gasteiger partial charge on any atom is 0.0953 e. The third kappa shape index (κ3) is 3.43. The minimum absolute atomic E-state index is 0.212. The zero-order valence-corrected chi connectivity index (χ0v) is 14.0. The molecule has 1 saturated heterocycles. The second-order valence-corrected chi connectivity index (χ2v) is 6.26. The number of β-amino-alcohol motifs (C(OH)–C–C–N with tert-alkyl or cyclic N) is 1. The molecule has 5 nitrogen and oxygen atoms in total. The summed E-state index contributed by atoms with van der Waals surface area (Å²) in [6.07, 6.45) is 2.61. The fourth-order valence-electron chi connectivity index (χ4n) is 3.27. The molecule has 1 aliphatic rings. The number of aliphatic hydroxyl groups excluding tert-OH is 1. The highest BCUT2D eigenvalue weighted by atomic mass is 35.5. The largest absolute Gasteiger partial charge is 0.395 e. The molecule has 0 amide bonds. The third-order valence-electron chi connectivity index (χ3n) is 4.41. The van der Waals surface area contributed by atoms with E-state index in [0.29, 0.717) is 6.54 Å². The van der Waals surface area contributed by atoms with Crippen molar-refractivity contribution >= 4 is 28.2 Å². The van der Waals surface area contributed by atoms with E-state index in [1.807, 2.05) is 24.4 Å². The minimum Gasteiger partial charge on any atom is -0.395 e. The smallest absolute Gasteiger partial charge is 0.0953 e. The number of benzene rings is 1. The van der Waals surface area contributed by atoms with Gasteiger partial charge in [-0.3, -0.25) is 9.88 Å².